The average molecular weight is 426 g/mol. The summed E-state index contributed by atoms with van der Waals surface area (Å²) in [6.45, 7) is 3.84. The first-order chi connectivity index (χ1) is 13.3. The second-order valence-electron chi connectivity index (χ2n) is 6.11. The van der Waals surface area contributed by atoms with Crippen molar-refractivity contribution in [2.75, 3.05) is 0 Å². The van der Waals surface area contributed by atoms with Crippen molar-refractivity contribution in [1.82, 2.24) is 4.57 Å². The van der Waals surface area contributed by atoms with Crippen LogP contribution in [0, 0.1) is 36.5 Å². The van der Waals surface area contributed by atoms with Gasteiger partial charge in [0.1, 0.15) is 16.8 Å². The number of hydrogen-bond acceptors (Lipinski definition) is 4. The Hall–Kier alpha value is -2.83. The van der Waals surface area contributed by atoms with Gasteiger partial charge in [-0.3, -0.25) is 9.36 Å². The van der Waals surface area contributed by atoms with Gasteiger partial charge in [0.2, 0.25) is 0 Å². The lowest BCUT2D eigenvalue weighted by Crippen LogP contribution is -2.31. The van der Waals surface area contributed by atoms with E-state index in [1.807, 2.05) is 44.2 Å². The minimum Gasteiger partial charge on any atom is -0.267 e. The van der Waals surface area contributed by atoms with Gasteiger partial charge in [-0.25, -0.2) is 0 Å². The lowest BCUT2D eigenvalue weighted by Gasteiger charge is -2.07. The van der Waals surface area contributed by atoms with Crippen LogP contribution < -0.4 is 14.8 Å². The van der Waals surface area contributed by atoms with Gasteiger partial charge in [-0.05, 0) is 49.2 Å². The summed E-state index contributed by atoms with van der Waals surface area (Å²) in [6, 6.07) is 14.4. The Labute approximate surface area is 175 Å². The van der Waals surface area contributed by atoms with Crippen LogP contribution in [0.2, 0.25) is 10.0 Å². The molecule has 3 aromatic rings. The van der Waals surface area contributed by atoms with Crippen LogP contribution in [-0.2, 0) is 0 Å². The molecular weight excluding hydrogens is 413 g/mol. The van der Waals surface area contributed by atoms with Crippen molar-refractivity contribution < 1.29 is 0 Å². The van der Waals surface area contributed by atoms with Gasteiger partial charge in [0.15, 0.2) is 5.57 Å². The zero-order chi connectivity index (χ0) is 20.4. The maximum absolute atomic E-state index is 13.2. The highest BCUT2D eigenvalue weighted by Gasteiger charge is 2.13. The third-order valence-electron chi connectivity index (χ3n) is 4.10. The number of aromatic nitrogens is 1. The van der Waals surface area contributed by atoms with E-state index in [2.05, 4.69) is 0 Å². The van der Waals surface area contributed by atoms with Crippen LogP contribution in [-0.4, -0.2) is 4.57 Å². The molecule has 28 heavy (non-hydrogen) atoms. The number of nitriles is 2. The highest BCUT2D eigenvalue weighted by atomic mass is 35.5. The highest BCUT2D eigenvalue weighted by Crippen LogP contribution is 2.21. The molecule has 0 bridgehead atoms. The number of nitrogens with zero attached hydrogens (tertiary/aromatic N) is 3. The van der Waals surface area contributed by atoms with Crippen molar-refractivity contribution in [3.8, 4) is 17.8 Å². The number of thiazole rings is 1. The van der Waals surface area contributed by atoms with Gasteiger partial charge < -0.3 is 0 Å². The van der Waals surface area contributed by atoms with E-state index in [0.29, 0.717) is 30.5 Å². The highest BCUT2D eigenvalue weighted by molar-refractivity contribution is 7.07. The van der Waals surface area contributed by atoms with Crippen LogP contribution in [0.1, 0.15) is 16.7 Å². The number of aryl methyl sites for hydroxylation is 2. The SMILES string of the molecule is Cc1ccc(-n2c(=C(C#N)C#N)s/c(=C\c3ccc(Cl)cc3Cl)c2=O)c(C)c1. The fraction of sp³-hybridized carbons (Fsp3) is 0.0952. The van der Waals surface area contributed by atoms with E-state index in [9.17, 15) is 15.3 Å². The standard InChI is InChI=1S/C21H13Cl2N3OS/c1-12-3-6-18(13(2)7-12)26-20(27)19(28-21(26)15(10-24)11-25)8-14-4-5-16(22)9-17(14)23/h3-9H,1-2H3/b19-8-. The Morgan fingerprint density at radius 2 is 1.82 bits per heavy atom. The van der Waals surface area contributed by atoms with Crippen LogP contribution in [0.3, 0.4) is 0 Å². The molecule has 4 nitrogen and oxygen atoms in total. The van der Waals surface area contributed by atoms with Crippen molar-refractivity contribution in [1.29, 1.82) is 10.5 Å². The summed E-state index contributed by atoms with van der Waals surface area (Å²) in [7, 11) is 0. The molecule has 0 saturated heterocycles. The first-order valence-corrected chi connectivity index (χ1v) is 9.73. The number of rotatable bonds is 2. The molecule has 2 aromatic carbocycles. The second kappa shape index (κ2) is 8.04. The van der Waals surface area contributed by atoms with Gasteiger partial charge in [-0.15, -0.1) is 11.3 Å². The van der Waals surface area contributed by atoms with E-state index in [1.165, 1.54) is 4.57 Å². The van der Waals surface area contributed by atoms with E-state index >= 15 is 0 Å². The van der Waals surface area contributed by atoms with Gasteiger partial charge in [0.25, 0.3) is 5.56 Å². The van der Waals surface area contributed by atoms with Crippen molar-refractivity contribution in [2.45, 2.75) is 13.8 Å². The molecule has 0 saturated carbocycles. The summed E-state index contributed by atoms with van der Waals surface area (Å²) in [4.78, 5) is 13.2. The fourth-order valence-corrected chi connectivity index (χ4v) is 4.31. The summed E-state index contributed by atoms with van der Waals surface area (Å²) in [5.74, 6) is 0. The maximum atomic E-state index is 13.2. The second-order valence-corrected chi connectivity index (χ2v) is 7.99. The van der Waals surface area contributed by atoms with Crippen LogP contribution in [0.15, 0.2) is 41.2 Å². The quantitative estimate of drug-likeness (QED) is 0.625. The monoisotopic (exact) mass is 425 g/mol. The van der Waals surface area contributed by atoms with Gasteiger partial charge in [0.05, 0.1) is 10.2 Å². The summed E-state index contributed by atoms with van der Waals surface area (Å²) < 4.78 is 2.07. The largest absolute Gasteiger partial charge is 0.273 e. The predicted molar refractivity (Wildman–Crippen MR) is 113 cm³/mol. The number of benzene rings is 2. The molecule has 138 valence electrons. The average Bonchev–Trinajstić information content (AvgIpc) is 2.95. The topological polar surface area (TPSA) is 69.6 Å². The minimum absolute atomic E-state index is 0.121. The molecule has 0 radical (unpaired) electrons. The lowest BCUT2D eigenvalue weighted by atomic mass is 10.1. The molecule has 0 spiro atoms. The molecule has 0 atom stereocenters. The molecule has 7 heteroatoms. The van der Waals surface area contributed by atoms with E-state index < -0.39 is 0 Å². The Balaban J connectivity index is 2.43. The van der Waals surface area contributed by atoms with Crippen molar-refractivity contribution in [2.24, 2.45) is 0 Å². The molecule has 0 amide bonds. The fourth-order valence-electron chi connectivity index (χ4n) is 2.81. The van der Waals surface area contributed by atoms with E-state index in [0.717, 1.165) is 22.5 Å². The summed E-state index contributed by atoms with van der Waals surface area (Å²) >= 11 is 13.2. The van der Waals surface area contributed by atoms with E-state index in [-0.39, 0.29) is 11.1 Å². The Morgan fingerprint density at radius 3 is 2.43 bits per heavy atom. The third-order valence-corrected chi connectivity index (χ3v) is 5.76. The predicted octanol–water partition coefficient (Wildman–Crippen LogP) is 3.85. The van der Waals surface area contributed by atoms with Crippen molar-refractivity contribution in [3.05, 3.63) is 82.7 Å². The van der Waals surface area contributed by atoms with E-state index in [4.69, 9.17) is 23.2 Å². The first kappa shape index (κ1) is 19.9. The molecular formula is C21H13Cl2N3OS. The normalized spacial score (nSPS) is 11.1. The summed E-state index contributed by atoms with van der Waals surface area (Å²) in [5, 5.41) is 19.6. The van der Waals surface area contributed by atoms with E-state index in [1.54, 1.807) is 24.3 Å². The first-order valence-electron chi connectivity index (χ1n) is 8.16. The molecule has 3 rings (SSSR count). The molecule has 0 fully saturated rings. The summed E-state index contributed by atoms with van der Waals surface area (Å²) in [6.07, 6.45) is 1.64. The molecule has 1 aromatic heterocycles. The zero-order valence-corrected chi connectivity index (χ0v) is 17.3. The van der Waals surface area contributed by atoms with Crippen molar-refractivity contribution >= 4 is 46.2 Å². The van der Waals surface area contributed by atoms with Crippen LogP contribution in [0.25, 0.3) is 17.3 Å². The van der Waals surface area contributed by atoms with Crippen LogP contribution in [0.4, 0.5) is 0 Å². The molecule has 0 unspecified atom stereocenters. The third kappa shape index (κ3) is 3.74. The van der Waals surface area contributed by atoms with Gasteiger partial charge in [-0.1, -0.05) is 47.0 Å². The molecule has 1 heterocycles. The smallest absolute Gasteiger partial charge is 0.267 e. The number of halogens is 2. The van der Waals surface area contributed by atoms with Crippen LogP contribution in [0.5, 0.6) is 0 Å². The van der Waals surface area contributed by atoms with Gasteiger partial charge in [0, 0.05) is 10.0 Å². The molecule has 0 N–H and O–H groups in total. The zero-order valence-electron chi connectivity index (χ0n) is 15.0. The van der Waals surface area contributed by atoms with Crippen molar-refractivity contribution in [3.63, 3.8) is 0 Å². The Bertz CT molecular complexity index is 1340. The Kier molecular flexibility index (Phi) is 5.72. The van der Waals surface area contributed by atoms with Crippen LogP contribution >= 0.6 is 34.5 Å². The molecule has 0 aliphatic carbocycles. The lowest BCUT2D eigenvalue weighted by molar-refractivity contribution is 0.973. The number of hydrogen-bond donors (Lipinski definition) is 0. The minimum atomic E-state index is -0.319. The maximum Gasteiger partial charge on any atom is 0.273 e. The van der Waals surface area contributed by atoms with Gasteiger partial charge >= 0.3 is 0 Å². The molecule has 0 aliphatic heterocycles. The Morgan fingerprint density at radius 1 is 1.11 bits per heavy atom. The summed E-state index contributed by atoms with van der Waals surface area (Å²) in [5.41, 5.74) is 2.74. The van der Waals surface area contributed by atoms with Gasteiger partial charge in [-0.2, -0.15) is 10.5 Å². The molecule has 0 aliphatic rings.